The van der Waals surface area contributed by atoms with Gasteiger partial charge >= 0.3 is 0 Å². The summed E-state index contributed by atoms with van der Waals surface area (Å²) in [6, 6.07) is 4.01. The van der Waals surface area contributed by atoms with Crippen LogP contribution in [0.2, 0.25) is 0 Å². The van der Waals surface area contributed by atoms with Crippen molar-refractivity contribution in [1.29, 1.82) is 5.26 Å². The molecule has 1 aliphatic heterocycles. The largest absolute Gasteiger partial charge is 0.292 e. The molecule has 0 unspecified atom stereocenters. The lowest BCUT2D eigenvalue weighted by molar-refractivity contribution is 0.234. The fourth-order valence-corrected chi connectivity index (χ4v) is 2.51. The van der Waals surface area contributed by atoms with Crippen molar-refractivity contribution in [3.8, 4) is 6.07 Å². The Morgan fingerprint density at radius 1 is 1.33 bits per heavy atom. The zero-order valence-corrected chi connectivity index (χ0v) is 13.3. The van der Waals surface area contributed by atoms with E-state index in [9.17, 15) is 0 Å². The van der Waals surface area contributed by atoms with Gasteiger partial charge in [-0.15, -0.1) is 0 Å². The first-order valence-electron chi connectivity index (χ1n) is 7.56. The van der Waals surface area contributed by atoms with E-state index in [1.807, 2.05) is 10.7 Å². The summed E-state index contributed by atoms with van der Waals surface area (Å²) in [6.07, 6.45) is 6.88. The zero-order valence-electron chi connectivity index (χ0n) is 13.3. The Morgan fingerprint density at radius 2 is 2.14 bits per heavy atom. The lowest BCUT2D eigenvalue weighted by atomic mass is 10.1. The van der Waals surface area contributed by atoms with Crippen LogP contribution in [0.1, 0.15) is 45.0 Å². The predicted octanol–water partition coefficient (Wildman–Crippen LogP) is 3.26. The Balaban J connectivity index is 1.85. The molecule has 21 heavy (non-hydrogen) atoms. The molecule has 1 aromatic heterocycles. The van der Waals surface area contributed by atoms with Crippen LogP contribution in [0.3, 0.4) is 0 Å². The van der Waals surface area contributed by atoms with E-state index in [2.05, 4.69) is 49.0 Å². The quantitative estimate of drug-likeness (QED) is 0.780. The Bertz CT molecular complexity index is 582. The van der Waals surface area contributed by atoms with E-state index in [1.54, 1.807) is 0 Å². The van der Waals surface area contributed by atoms with Gasteiger partial charge in [0.25, 0.3) is 0 Å². The molecule has 2 rings (SSSR count). The number of rotatable bonds is 5. The maximum Gasteiger partial charge on any atom is 0.162 e. The van der Waals surface area contributed by atoms with Crippen molar-refractivity contribution >= 4 is 0 Å². The molecule has 0 amide bonds. The Kier molecular flexibility index (Phi) is 5.35. The van der Waals surface area contributed by atoms with Crippen LogP contribution in [0.4, 0.5) is 0 Å². The molecule has 0 atom stereocenters. The van der Waals surface area contributed by atoms with Crippen molar-refractivity contribution in [3.05, 3.63) is 40.8 Å². The fourth-order valence-electron chi connectivity index (χ4n) is 2.51. The minimum Gasteiger partial charge on any atom is -0.292 e. The highest BCUT2D eigenvalue weighted by Gasteiger charge is 2.17. The van der Waals surface area contributed by atoms with E-state index in [-0.39, 0.29) is 0 Å². The molecule has 4 nitrogen and oxygen atoms in total. The molecule has 0 saturated carbocycles. The highest BCUT2D eigenvalue weighted by Crippen LogP contribution is 2.14. The van der Waals surface area contributed by atoms with Crippen molar-refractivity contribution in [2.24, 2.45) is 0 Å². The molecular weight excluding hydrogens is 260 g/mol. The lowest BCUT2D eigenvalue weighted by Gasteiger charge is -2.26. The van der Waals surface area contributed by atoms with E-state index in [1.165, 1.54) is 11.1 Å². The van der Waals surface area contributed by atoms with Gasteiger partial charge in [-0.05, 0) is 39.7 Å². The van der Waals surface area contributed by atoms with E-state index in [4.69, 9.17) is 5.26 Å². The molecule has 0 saturated heterocycles. The first kappa shape index (κ1) is 15.5. The molecule has 112 valence electrons. The summed E-state index contributed by atoms with van der Waals surface area (Å²) in [6.45, 7) is 10.2. The van der Waals surface area contributed by atoms with Crippen molar-refractivity contribution in [3.63, 3.8) is 0 Å². The molecule has 0 fully saturated rings. The number of hydrogen-bond acceptors (Lipinski definition) is 3. The third-order valence-corrected chi connectivity index (χ3v) is 3.78. The van der Waals surface area contributed by atoms with Crippen LogP contribution in [0, 0.1) is 11.3 Å². The molecule has 0 spiro atoms. The molecular formula is C17H24N4. The van der Waals surface area contributed by atoms with Gasteiger partial charge in [0.05, 0.1) is 12.2 Å². The van der Waals surface area contributed by atoms with Crippen molar-refractivity contribution < 1.29 is 0 Å². The number of aromatic nitrogens is 2. The van der Waals surface area contributed by atoms with E-state index in [0.717, 1.165) is 44.7 Å². The monoisotopic (exact) mass is 284 g/mol. The maximum absolute atomic E-state index is 8.90. The van der Waals surface area contributed by atoms with E-state index in [0.29, 0.717) is 5.69 Å². The van der Waals surface area contributed by atoms with Crippen molar-refractivity contribution in [1.82, 2.24) is 14.7 Å². The summed E-state index contributed by atoms with van der Waals surface area (Å²) < 4.78 is 1.96. The van der Waals surface area contributed by atoms with Crippen LogP contribution in [0.5, 0.6) is 0 Å². The lowest BCUT2D eigenvalue weighted by Crippen LogP contribution is -2.34. The molecule has 0 bridgehead atoms. The van der Waals surface area contributed by atoms with Gasteiger partial charge in [-0.2, -0.15) is 10.4 Å². The summed E-state index contributed by atoms with van der Waals surface area (Å²) >= 11 is 0. The predicted molar refractivity (Wildman–Crippen MR) is 84.6 cm³/mol. The average molecular weight is 284 g/mol. The van der Waals surface area contributed by atoms with Crippen molar-refractivity contribution in [2.45, 2.75) is 46.7 Å². The number of nitrogens with zero attached hydrogens (tertiary/aromatic N) is 4. The molecule has 1 aromatic rings. The first-order chi connectivity index (χ1) is 10.1. The van der Waals surface area contributed by atoms with Gasteiger partial charge in [-0.1, -0.05) is 23.3 Å². The second-order valence-corrected chi connectivity index (χ2v) is 5.96. The van der Waals surface area contributed by atoms with Crippen LogP contribution >= 0.6 is 0 Å². The molecule has 1 aliphatic rings. The van der Waals surface area contributed by atoms with Gasteiger partial charge in [0.2, 0.25) is 0 Å². The summed E-state index contributed by atoms with van der Waals surface area (Å²) in [7, 11) is 0. The van der Waals surface area contributed by atoms with Gasteiger partial charge in [-0.3, -0.25) is 9.58 Å². The van der Waals surface area contributed by atoms with Gasteiger partial charge in [-0.25, -0.2) is 0 Å². The Morgan fingerprint density at radius 3 is 2.86 bits per heavy atom. The molecule has 2 heterocycles. The number of hydrogen-bond donors (Lipinski definition) is 0. The summed E-state index contributed by atoms with van der Waals surface area (Å²) in [4.78, 5) is 2.41. The minimum atomic E-state index is 0.528. The standard InChI is InChI=1S/C17H24N4/c1-14(2)5-4-6-15(3)7-8-20-9-10-21-17(13-20)11-16(12-18)19-21/h5,7,11H,4,6,8-10,13H2,1-3H3/b15-7+. The molecule has 4 heteroatoms. The first-order valence-corrected chi connectivity index (χ1v) is 7.56. The van der Waals surface area contributed by atoms with Crippen LogP contribution in [-0.4, -0.2) is 27.8 Å². The van der Waals surface area contributed by atoms with Crippen molar-refractivity contribution in [2.75, 3.05) is 13.1 Å². The summed E-state index contributed by atoms with van der Waals surface area (Å²) in [5.74, 6) is 0. The molecule has 0 aromatic carbocycles. The topological polar surface area (TPSA) is 44.9 Å². The number of nitriles is 1. The van der Waals surface area contributed by atoms with Crippen LogP contribution < -0.4 is 0 Å². The summed E-state index contributed by atoms with van der Waals surface area (Å²) in [5, 5.41) is 13.2. The molecule has 0 radical (unpaired) electrons. The SMILES string of the molecule is CC(C)=CCC/C(C)=C/CN1CCn2nc(C#N)cc2C1. The average Bonchev–Trinajstić information content (AvgIpc) is 2.87. The fraction of sp³-hybridized carbons (Fsp3) is 0.529. The smallest absolute Gasteiger partial charge is 0.162 e. The number of allylic oxidation sites excluding steroid dienone is 3. The van der Waals surface area contributed by atoms with Gasteiger partial charge < -0.3 is 0 Å². The van der Waals surface area contributed by atoms with Gasteiger partial charge in [0.1, 0.15) is 6.07 Å². The zero-order chi connectivity index (χ0) is 15.2. The Hall–Kier alpha value is -1.86. The number of fused-ring (bicyclic) bond motifs is 1. The maximum atomic E-state index is 8.90. The second-order valence-electron chi connectivity index (χ2n) is 5.96. The summed E-state index contributed by atoms with van der Waals surface area (Å²) in [5.41, 5.74) is 4.51. The Labute approximate surface area is 127 Å². The molecule has 0 N–H and O–H groups in total. The van der Waals surface area contributed by atoms with E-state index < -0.39 is 0 Å². The van der Waals surface area contributed by atoms with E-state index >= 15 is 0 Å². The van der Waals surface area contributed by atoms with Crippen LogP contribution in [-0.2, 0) is 13.1 Å². The molecule has 0 aliphatic carbocycles. The highest BCUT2D eigenvalue weighted by molar-refractivity contribution is 5.23. The second kappa shape index (κ2) is 7.24. The van der Waals surface area contributed by atoms with Gasteiger partial charge in [0.15, 0.2) is 5.69 Å². The minimum absolute atomic E-state index is 0.528. The van der Waals surface area contributed by atoms with Crippen LogP contribution in [0.15, 0.2) is 29.4 Å². The van der Waals surface area contributed by atoms with Gasteiger partial charge in [0, 0.05) is 19.6 Å². The van der Waals surface area contributed by atoms with Crippen LogP contribution in [0.25, 0.3) is 0 Å². The normalized spacial score (nSPS) is 15.4. The third-order valence-electron chi connectivity index (χ3n) is 3.78. The highest BCUT2D eigenvalue weighted by atomic mass is 15.3. The third kappa shape index (κ3) is 4.57.